The number of nitrogens with one attached hydrogen (secondary N) is 1. The Morgan fingerprint density at radius 3 is 2.88 bits per heavy atom. The molecule has 0 radical (unpaired) electrons. The molecule has 134 valence electrons. The van der Waals surface area contributed by atoms with Gasteiger partial charge in [0.25, 0.3) is 0 Å². The van der Waals surface area contributed by atoms with E-state index in [0.717, 1.165) is 4.90 Å². The minimum Gasteiger partial charge on any atom is -0.358 e. The van der Waals surface area contributed by atoms with E-state index < -0.39 is 24.2 Å². The van der Waals surface area contributed by atoms with Gasteiger partial charge >= 0.3 is 6.18 Å². The summed E-state index contributed by atoms with van der Waals surface area (Å²) in [5.41, 5.74) is 0.582. The number of fused-ring (bicyclic) bond motifs is 1. The highest BCUT2D eigenvalue weighted by molar-refractivity contribution is 6.31. The molecule has 0 unspecified atom stereocenters. The lowest BCUT2D eigenvalue weighted by Gasteiger charge is -2.29. The van der Waals surface area contributed by atoms with Crippen molar-refractivity contribution < 1.29 is 18.0 Å². The van der Waals surface area contributed by atoms with Gasteiger partial charge in [-0.3, -0.25) is 4.79 Å². The normalized spacial score (nSPS) is 19.2. The van der Waals surface area contributed by atoms with Crippen molar-refractivity contribution in [2.45, 2.75) is 38.0 Å². The zero-order valence-corrected chi connectivity index (χ0v) is 14.1. The number of carbonyl (C=O) groups is 1. The number of halogens is 4. The molecule has 2 heterocycles. The van der Waals surface area contributed by atoms with Gasteiger partial charge in [-0.1, -0.05) is 11.6 Å². The monoisotopic (exact) mass is 372 g/mol. The first-order valence-corrected chi connectivity index (χ1v) is 8.19. The third-order valence-electron chi connectivity index (χ3n) is 4.24. The smallest absolute Gasteiger partial charge is 0.358 e. The Morgan fingerprint density at radius 2 is 2.16 bits per heavy atom. The Labute approximate surface area is 147 Å². The average Bonchev–Trinajstić information content (AvgIpc) is 3.03. The predicted molar refractivity (Wildman–Crippen MR) is 88.4 cm³/mol. The number of alkyl halides is 3. The molecule has 0 spiro atoms. The first-order valence-electron chi connectivity index (χ1n) is 7.81. The van der Waals surface area contributed by atoms with Crippen LogP contribution < -0.4 is 5.32 Å². The van der Waals surface area contributed by atoms with Gasteiger partial charge in [0.05, 0.1) is 5.52 Å². The van der Waals surface area contributed by atoms with Gasteiger partial charge in [-0.15, -0.1) is 0 Å². The highest BCUT2D eigenvalue weighted by atomic mass is 35.5. The first kappa shape index (κ1) is 17.7. The number of hydrogen-bond acceptors (Lipinski definition) is 4. The summed E-state index contributed by atoms with van der Waals surface area (Å²) in [6, 6.07) is 2.44. The van der Waals surface area contributed by atoms with Crippen LogP contribution in [0, 0.1) is 0 Å². The Balaban J connectivity index is 1.80. The third kappa shape index (κ3) is 3.63. The fraction of sp³-hybridized carbons (Fsp3) is 0.438. The molecule has 1 aliphatic heterocycles. The molecular formula is C16H16ClF3N4O. The van der Waals surface area contributed by atoms with E-state index in [2.05, 4.69) is 15.3 Å². The molecular weight excluding hydrogens is 357 g/mol. The Morgan fingerprint density at radius 1 is 1.40 bits per heavy atom. The van der Waals surface area contributed by atoms with Gasteiger partial charge in [0.1, 0.15) is 24.2 Å². The number of amides is 1. The van der Waals surface area contributed by atoms with E-state index in [1.165, 1.54) is 13.3 Å². The standard InChI is InChI=1S/C16H16ClF3N4O/c1-9(15(25)24-6-2-3-13(24)16(18,19)20)23-14-11-5-4-10(17)7-12(11)21-8-22-14/h4-5,7-9,13H,2-3,6H2,1H3,(H,21,22,23)/t9-,13+/m1/s1. The number of anilines is 1. The van der Waals surface area contributed by atoms with Crippen molar-refractivity contribution in [2.75, 3.05) is 11.9 Å². The molecule has 1 saturated heterocycles. The maximum absolute atomic E-state index is 13.1. The lowest BCUT2D eigenvalue weighted by atomic mass is 10.2. The molecule has 2 aromatic rings. The molecule has 1 aromatic carbocycles. The van der Waals surface area contributed by atoms with E-state index in [1.54, 1.807) is 18.2 Å². The summed E-state index contributed by atoms with van der Waals surface area (Å²) < 4.78 is 39.2. The molecule has 2 atom stereocenters. The van der Waals surface area contributed by atoms with Crippen molar-refractivity contribution in [1.29, 1.82) is 0 Å². The molecule has 0 bridgehead atoms. The summed E-state index contributed by atoms with van der Waals surface area (Å²) >= 11 is 5.92. The van der Waals surface area contributed by atoms with Crippen LogP contribution in [-0.4, -0.2) is 45.6 Å². The summed E-state index contributed by atoms with van der Waals surface area (Å²) in [6.45, 7) is 1.63. The van der Waals surface area contributed by atoms with Gasteiger partial charge in [-0.2, -0.15) is 13.2 Å². The second-order valence-corrected chi connectivity index (χ2v) is 6.42. The summed E-state index contributed by atoms with van der Waals surface area (Å²) in [5, 5.41) is 4.05. The van der Waals surface area contributed by atoms with Crippen LogP contribution in [0.1, 0.15) is 19.8 Å². The van der Waals surface area contributed by atoms with Crippen molar-refractivity contribution in [3.63, 3.8) is 0 Å². The van der Waals surface area contributed by atoms with Gasteiger partial charge in [-0.25, -0.2) is 9.97 Å². The highest BCUT2D eigenvalue weighted by Gasteiger charge is 2.48. The maximum atomic E-state index is 13.1. The number of benzene rings is 1. The van der Waals surface area contributed by atoms with Crippen LogP contribution in [0.25, 0.3) is 10.9 Å². The topological polar surface area (TPSA) is 58.1 Å². The molecule has 0 aliphatic carbocycles. The number of nitrogens with zero attached hydrogens (tertiary/aromatic N) is 3. The minimum absolute atomic E-state index is 0.0586. The summed E-state index contributed by atoms with van der Waals surface area (Å²) in [4.78, 5) is 21.6. The van der Waals surface area contributed by atoms with E-state index in [-0.39, 0.29) is 13.0 Å². The lowest BCUT2D eigenvalue weighted by molar-refractivity contribution is -0.182. The molecule has 1 aliphatic rings. The van der Waals surface area contributed by atoms with Crippen molar-refractivity contribution in [3.05, 3.63) is 29.5 Å². The first-order chi connectivity index (χ1) is 11.8. The highest BCUT2D eigenvalue weighted by Crippen LogP contribution is 2.33. The molecule has 1 aromatic heterocycles. The Hall–Kier alpha value is -2.09. The van der Waals surface area contributed by atoms with Crippen LogP contribution >= 0.6 is 11.6 Å². The molecule has 1 fully saturated rings. The second kappa shape index (κ2) is 6.67. The average molecular weight is 373 g/mol. The lowest BCUT2D eigenvalue weighted by Crippen LogP contribution is -2.49. The van der Waals surface area contributed by atoms with E-state index in [1.807, 2.05) is 0 Å². The van der Waals surface area contributed by atoms with Crippen molar-refractivity contribution in [2.24, 2.45) is 0 Å². The van der Waals surface area contributed by atoms with E-state index >= 15 is 0 Å². The SMILES string of the molecule is C[C@@H](Nc1ncnc2cc(Cl)ccc12)C(=O)N1CCC[C@H]1C(F)(F)F. The Kier molecular flexibility index (Phi) is 4.73. The number of hydrogen-bond donors (Lipinski definition) is 1. The second-order valence-electron chi connectivity index (χ2n) is 5.98. The van der Waals surface area contributed by atoms with Gasteiger partial charge in [0.2, 0.25) is 5.91 Å². The van der Waals surface area contributed by atoms with Crippen LogP contribution in [0.4, 0.5) is 19.0 Å². The number of carbonyl (C=O) groups excluding carboxylic acids is 1. The molecule has 9 heteroatoms. The molecule has 5 nitrogen and oxygen atoms in total. The van der Waals surface area contributed by atoms with Crippen LogP contribution in [0.5, 0.6) is 0 Å². The van der Waals surface area contributed by atoms with Crippen LogP contribution in [0.2, 0.25) is 5.02 Å². The quantitative estimate of drug-likeness (QED) is 0.893. The summed E-state index contributed by atoms with van der Waals surface area (Å²) in [5.74, 6) is -0.217. The van der Waals surface area contributed by atoms with Crippen LogP contribution in [0.3, 0.4) is 0 Å². The van der Waals surface area contributed by atoms with Crippen molar-refractivity contribution in [3.8, 4) is 0 Å². The number of aromatic nitrogens is 2. The van der Waals surface area contributed by atoms with Crippen LogP contribution in [-0.2, 0) is 4.79 Å². The van der Waals surface area contributed by atoms with Crippen molar-refractivity contribution in [1.82, 2.24) is 14.9 Å². The maximum Gasteiger partial charge on any atom is 0.408 e. The molecule has 3 rings (SSSR count). The van der Waals surface area contributed by atoms with Gasteiger partial charge in [0.15, 0.2) is 0 Å². The third-order valence-corrected chi connectivity index (χ3v) is 4.47. The predicted octanol–water partition coefficient (Wildman–Crippen LogP) is 3.64. The summed E-state index contributed by atoms with van der Waals surface area (Å²) in [6.07, 6.45) is -2.81. The molecule has 1 amide bonds. The van der Waals surface area contributed by atoms with E-state index in [9.17, 15) is 18.0 Å². The van der Waals surface area contributed by atoms with Gasteiger partial charge in [0, 0.05) is 17.0 Å². The van der Waals surface area contributed by atoms with Crippen LogP contribution in [0.15, 0.2) is 24.5 Å². The molecule has 0 saturated carbocycles. The minimum atomic E-state index is -4.41. The van der Waals surface area contributed by atoms with Crippen molar-refractivity contribution >= 4 is 34.2 Å². The van der Waals surface area contributed by atoms with Gasteiger partial charge in [-0.05, 0) is 38.0 Å². The zero-order valence-electron chi connectivity index (χ0n) is 13.3. The zero-order chi connectivity index (χ0) is 18.2. The number of likely N-dealkylation sites (tertiary alicyclic amines) is 1. The number of rotatable bonds is 3. The van der Waals surface area contributed by atoms with E-state index in [4.69, 9.17) is 11.6 Å². The fourth-order valence-electron chi connectivity index (χ4n) is 3.03. The van der Waals surface area contributed by atoms with E-state index in [0.29, 0.717) is 28.2 Å². The van der Waals surface area contributed by atoms with Gasteiger partial charge < -0.3 is 10.2 Å². The fourth-order valence-corrected chi connectivity index (χ4v) is 3.20. The summed E-state index contributed by atoms with van der Waals surface area (Å²) in [7, 11) is 0. The Bertz CT molecular complexity index is 799. The largest absolute Gasteiger partial charge is 0.408 e. The molecule has 25 heavy (non-hydrogen) atoms. The molecule has 1 N–H and O–H groups in total.